The minimum absolute atomic E-state index is 0.0830. The van der Waals surface area contributed by atoms with E-state index in [1.165, 1.54) is 12.0 Å². The molecule has 4 nitrogen and oxygen atoms in total. The fourth-order valence-corrected chi connectivity index (χ4v) is 3.35. The lowest BCUT2D eigenvalue weighted by Gasteiger charge is -2.25. The lowest BCUT2D eigenvalue weighted by atomic mass is 9.88. The quantitative estimate of drug-likeness (QED) is 0.474. The van der Waals surface area contributed by atoms with Crippen LogP contribution in [0.2, 0.25) is 0 Å². The van der Waals surface area contributed by atoms with Gasteiger partial charge in [-0.15, -0.1) is 0 Å². The molecule has 0 saturated heterocycles. The van der Waals surface area contributed by atoms with Crippen molar-refractivity contribution in [2.45, 2.75) is 72.4 Å². The minimum atomic E-state index is 0.0830. The molecule has 1 atom stereocenters. The molecule has 0 fully saturated rings. The van der Waals surface area contributed by atoms with Crippen molar-refractivity contribution in [3.05, 3.63) is 54.0 Å². The van der Waals surface area contributed by atoms with Crippen LogP contribution in [-0.4, -0.2) is 23.5 Å². The van der Waals surface area contributed by atoms with Gasteiger partial charge in [0.1, 0.15) is 11.5 Å². The summed E-state index contributed by atoms with van der Waals surface area (Å²) in [5.41, 5.74) is 1.32. The van der Waals surface area contributed by atoms with Crippen molar-refractivity contribution >= 4 is 5.91 Å². The van der Waals surface area contributed by atoms with Gasteiger partial charge < -0.3 is 14.1 Å². The number of benzene rings is 1. The molecule has 28 heavy (non-hydrogen) atoms. The number of ether oxygens (including phenoxy) is 1. The Labute approximate surface area is 169 Å². The van der Waals surface area contributed by atoms with Crippen molar-refractivity contribution in [2.24, 2.45) is 5.92 Å². The zero-order chi connectivity index (χ0) is 20.5. The molecule has 0 unspecified atom stereocenters. The van der Waals surface area contributed by atoms with Crippen molar-refractivity contribution in [3.8, 4) is 5.75 Å². The monoisotopic (exact) mass is 385 g/mol. The summed E-state index contributed by atoms with van der Waals surface area (Å²) in [5.74, 6) is 2.90. The number of hydrogen-bond donors (Lipinski definition) is 0. The average Bonchev–Trinajstić information content (AvgIpc) is 3.14. The summed E-state index contributed by atoms with van der Waals surface area (Å²) in [6.45, 7) is 11.5. The summed E-state index contributed by atoms with van der Waals surface area (Å²) in [4.78, 5) is 14.0. The molecule has 0 aliphatic rings. The van der Waals surface area contributed by atoms with Crippen LogP contribution in [0.4, 0.5) is 0 Å². The molecule has 0 N–H and O–H groups in total. The van der Waals surface area contributed by atoms with Crippen LogP contribution < -0.4 is 4.74 Å². The van der Waals surface area contributed by atoms with E-state index in [4.69, 9.17) is 9.15 Å². The molecule has 0 aliphatic carbocycles. The number of carbonyl (C=O) groups is 1. The van der Waals surface area contributed by atoms with Crippen LogP contribution in [0.3, 0.4) is 0 Å². The normalized spacial score (nSPS) is 12.4. The Kier molecular flexibility index (Phi) is 8.62. The second-order valence-electron chi connectivity index (χ2n) is 8.21. The molecule has 0 radical (unpaired) electrons. The van der Waals surface area contributed by atoms with Crippen molar-refractivity contribution in [3.63, 3.8) is 0 Å². The van der Waals surface area contributed by atoms with Gasteiger partial charge in [-0.2, -0.15) is 0 Å². The van der Waals surface area contributed by atoms with Crippen LogP contribution in [0.15, 0.2) is 47.1 Å². The smallest absolute Gasteiger partial charge is 0.219 e. The first-order valence-electron chi connectivity index (χ1n) is 10.4. The average molecular weight is 386 g/mol. The van der Waals surface area contributed by atoms with Crippen LogP contribution in [0.25, 0.3) is 0 Å². The number of hydrogen-bond acceptors (Lipinski definition) is 3. The van der Waals surface area contributed by atoms with E-state index >= 15 is 0 Å². The highest BCUT2D eigenvalue weighted by Crippen LogP contribution is 2.29. The molecule has 0 spiro atoms. The van der Waals surface area contributed by atoms with E-state index in [2.05, 4.69) is 38.1 Å². The molecule has 2 rings (SSSR count). The Morgan fingerprint density at radius 2 is 1.75 bits per heavy atom. The summed E-state index contributed by atoms with van der Waals surface area (Å²) >= 11 is 0. The van der Waals surface area contributed by atoms with Crippen LogP contribution in [0.1, 0.15) is 71.1 Å². The van der Waals surface area contributed by atoms with Gasteiger partial charge in [-0.25, -0.2) is 0 Å². The van der Waals surface area contributed by atoms with E-state index in [0.29, 0.717) is 18.4 Å². The molecular formula is C24H35NO3. The lowest BCUT2D eigenvalue weighted by molar-refractivity contribution is -0.129. The maximum Gasteiger partial charge on any atom is 0.219 e. The molecule has 4 heteroatoms. The second-order valence-corrected chi connectivity index (χ2v) is 8.21. The van der Waals surface area contributed by atoms with Crippen LogP contribution >= 0.6 is 0 Å². The molecule has 0 aliphatic heterocycles. The van der Waals surface area contributed by atoms with Gasteiger partial charge in [0.05, 0.1) is 18.9 Å². The Morgan fingerprint density at radius 1 is 1.04 bits per heavy atom. The third-order valence-corrected chi connectivity index (χ3v) is 4.94. The first kappa shape index (κ1) is 22.1. The molecule has 2 aromatic rings. The highest BCUT2D eigenvalue weighted by molar-refractivity contribution is 5.73. The molecule has 1 aromatic heterocycles. The second kappa shape index (κ2) is 10.9. The van der Waals surface area contributed by atoms with Gasteiger partial charge in [-0.05, 0) is 68.4 Å². The SMILES string of the molecule is CC(=O)N(CC[C@H](CCC(C)C)c1ccc(OC(C)C)cc1)Cc1ccco1. The van der Waals surface area contributed by atoms with Crippen LogP contribution in [0, 0.1) is 5.92 Å². The molecule has 0 saturated carbocycles. The summed E-state index contributed by atoms with van der Waals surface area (Å²) in [6, 6.07) is 12.2. The predicted molar refractivity (Wildman–Crippen MR) is 113 cm³/mol. The molecule has 0 bridgehead atoms. The fourth-order valence-electron chi connectivity index (χ4n) is 3.35. The van der Waals surface area contributed by atoms with Gasteiger partial charge in [-0.1, -0.05) is 32.4 Å². The third kappa shape index (κ3) is 7.41. The zero-order valence-electron chi connectivity index (χ0n) is 18.0. The molecular weight excluding hydrogens is 350 g/mol. The topological polar surface area (TPSA) is 42.7 Å². The maximum absolute atomic E-state index is 12.1. The summed E-state index contributed by atoms with van der Waals surface area (Å²) in [7, 11) is 0. The van der Waals surface area contributed by atoms with E-state index in [0.717, 1.165) is 30.9 Å². The summed E-state index contributed by atoms with van der Waals surface area (Å²) in [5, 5.41) is 0. The standard InChI is InChI=1S/C24H35NO3/c1-18(2)8-9-22(21-10-12-23(13-11-21)28-19(3)4)14-15-25(20(5)26)17-24-7-6-16-27-24/h6-7,10-13,16,18-19,22H,8-9,14-15,17H2,1-5H3/t22-/m0/s1. The van der Waals surface area contributed by atoms with Crippen molar-refractivity contribution in [2.75, 3.05) is 6.54 Å². The number of amides is 1. The largest absolute Gasteiger partial charge is 0.491 e. The van der Waals surface area contributed by atoms with E-state index < -0.39 is 0 Å². The molecule has 154 valence electrons. The van der Waals surface area contributed by atoms with Crippen LogP contribution in [-0.2, 0) is 11.3 Å². The molecule has 1 amide bonds. The summed E-state index contributed by atoms with van der Waals surface area (Å²) < 4.78 is 11.2. The maximum atomic E-state index is 12.1. The first-order chi connectivity index (χ1) is 13.3. The molecule has 1 aromatic carbocycles. The number of rotatable bonds is 11. The van der Waals surface area contributed by atoms with Gasteiger partial charge in [0, 0.05) is 13.5 Å². The zero-order valence-corrected chi connectivity index (χ0v) is 18.0. The highest BCUT2D eigenvalue weighted by Gasteiger charge is 2.17. The van der Waals surface area contributed by atoms with Crippen molar-refractivity contribution in [1.82, 2.24) is 4.90 Å². The van der Waals surface area contributed by atoms with Crippen molar-refractivity contribution in [1.29, 1.82) is 0 Å². The first-order valence-corrected chi connectivity index (χ1v) is 10.4. The van der Waals surface area contributed by atoms with E-state index in [1.807, 2.05) is 30.9 Å². The van der Waals surface area contributed by atoms with Gasteiger partial charge >= 0.3 is 0 Å². The number of nitrogens with zero attached hydrogens (tertiary/aromatic N) is 1. The predicted octanol–water partition coefficient (Wildman–Crippen LogP) is 6.03. The van der Waals surface area contributed by atoms with Gasteiger partial charge in [0.15, 0.2) is 0 Å². The summed E-state index contributed by atoms with van der Waals surface area (Å²) in [6.07, 6.45) is 5.06. The molecule has 1 heterocycles. The van der Waals surface area contributed by atoms with Gasteiger partial charge in [-0.3, -0.25) is 4.79 Å². The number of furan rings is 1. The Hall–Kier alpha value is -2.23. The van der Waals surface area contributed by atoms with Crippen LogP contribution in [0.5, 0.6) is 5.75 Å². The van der Waals surface area contributed by atoms with Crippen molar-refractivity contribution < 1.29 is 13.9 Å². The highest BCUT2D eigenvalue weighted by atomic mass is 16.5. The van der Waals surface area contributed by atoms with Gasteiger partial charge in [0.2, 0.25) is 5.91 Å². The minimum Gasteiger partial charge on any atom is -0.491 e. The number of carbonyl (C=O) groups excluding carboxylic acids is 1. The Morgan fingerprint density at radius 3 is 2.29 bits per heavy atom. The lowest BCUT2D eigenvalue weighted by Crippen LogP contribution is -2.30. The fraction of sp³-hybridized carbons (Fsp3) is 0.542. The van der Waals surface area contributed by atoms with E-state index in [1.54, 1.807) is 13.2 Å². The third-order valence-electron chi connectivity index (χ3n) is 4.94. The Balaban J connectivity index is 2.05. The van der Waals surface area contributed by atoms with Gasteiger partial charge in [0.25, 0.3) is 0 Å². The van der Waals surface area contributed by atoms with E-state index in [9.17, 15) is 4.79 Å². The van der Waals surface area contributed by atoms with E-state index in [-0.39, 0.29) is 12.0 Å². The Bertz CT molecular complexity index is 689.